The van der Waals surface area contributed by atoms with Crippen molar-refractivity contribution in [1.29, 1.82) is 5.26 Å². The summed E-state index contributed by atoms with van der Waals surface area (Å²) in [7, 11) is 3.20. The van der Waals surface area contributed by atoms with Crippen molar-refractivity contribution in [3.05, 3.63) is 16.8 Å². The minimum absolute atomic E-state index is 0.236. The van der Waals surface area contributed by atoms with E-state index in [2.05, 4.69) is 21.0 Å². The molecule has 0 atom stereocenters. The van der Waals surface area contributed by atoms with E-state index in [1.807, 2.05) is 25.8 Å². The van der Waals surface area contributed by atoms with Gasteiger partial charge < -0.3 is 9.64 Å². The molecular formula is C13H18N4O2. The molecule has 0 aliphatic rings. The number of nitrogens with zero attached hydrogens (tertiary/aromatic N) is 4. The van der Waals surface area contributed by atoms with Gasteiger partial charge in [-0.3, -0.25) is 4.79 Å². The van der Waals surface area contributed by atoms with Crippen LogP contribution in [0.3, 0.4) is 0 Å². The van der Waals surface area contributed by atoms with Gasteiger partial charge in [-0.2, -0.15) is 10.4 Å². The molecule has 0 aliphatic heterocycles. The number of anilines is 1. The second-order valence-corrected chi connectivity index (χ2v) is 4.32. The number of aryl methyl sites for hydroxylation is 1. The molecule has 1 aromatic heterocycles. The van der Waals surface area contributed by atoms with Crippen molar-refractivity contribution in [2.75, 3.05) is 25.6 Å². The summed E-state index contributed by atoms with van der Waals surface area (Å²) in [4.78, 5) is 12.9. The van der Waals surface area contributed by atoms with E-state index in [0.717, 1.165) is 11.3 Å². The van der Waals surface area contributed by atoms with Gasteiger partial charge in [-0.1, -0.05) is 0 Å². The fourth-order valence-electron chi connectivity index (χ4n) is 1.67. The van der Waals surface area contributed by atoms with E-state index in [1.165, 1.54) is 7.11 Å². The molecule has 0 spiro atoms. The number of methoxy groups -OCH3 is 1. The molecular weight excluding hydrogens is 244 g/mol. The molecule has 0 saturated heterocycles. The number of rotatable bonds is 5. The van der Waals surface area contributed by atoms with E-state index >= 15 is 0 Å². The zero-order valence-electron chi connectivity index (χ0n) is 11.7. The Morgan fingerprint density at radius 2 is 2.11 bits per heavy atom. The number of hydrogen-bond donors (Lipinski definition) is 0. The smallest absolute Gasteiger partial charge is 0.305 e. The van der Waals surface area contributed by atoms with Crippen LogP contribution in [-0.2, 0) is 9.53 Å². The Bertz CT molecular complexity index is 508. The summed E-state index contributed by atoms with van der Waals surface area (Å²) in [6, 6.07) is 2.16. The van der Waals surface area contributed by atoms with Gasteiger partial charge in [0.15, 0.2) is 5.82 Å². The summed E-state index contributed by atoms with van der Waals surface area (Å²) < 4.78 is 4.58. The molecule has 0 aliphatic carbocycles. The van der Waals surface area contributed by atoms with E-state index in [1.54, 1.807) is 0 Å². The van der Waals surface area contributed by atoms with Gasteiger partial charge >= 0.3 is 5.97 Å². The highest BCUT2D eigenvalue weighted by molar-refractivity contribution is 5.69. The van der Waals surface area contributed by atoms with Crippen molar-refractivity contribution < 1.29 is 9.53 Å². The molecule has 0 unspecified atom stereocenters. The number of carbonyl (C=O) groups is 1. The quantitative estimate of drug-likeness (QED) is 0.745. The summed E-state index contributed by atoms with van der Waals surface area (Å²) in [5, 5.41) is 17.3. The van der Waals surface area contributed by atoms with Crippen LogP contribution in [0.4, 0.5) is 5.82 Å². The molecule has 0 bridgehead atoms. The van der Waals surface area contributed by atoms with Crippen LogP contribution in [0.25, 0.3) is 0 Å². The van der Waals surface area contributed by atoms with Crippen molar-refractivity contribution in [3.8, 4) is 6.07 Å². The predicted molar refractivity (Wildman–Crippen MR) is 70.7 cm³/mol. The van der Waals surface area contributed by atoms with Crippen molar-refractivity contribution in [1.82, 2.24) is 10.2 Å². The Morgan fingerprint density at radius 3 is 2.68 bits per heavy atom. The highest BCUT2D eigenvalue weighted by Crippen LogP contribution is 2.20. The zero-order chi connectivity index (χ0) is 14.4. The van der Waals surface area contributed by atoms with Gasteiger partial charge in [-0.25, -0.2) is 0 Å². The third kappa shape index (κ3) is 3.65. The van der Waals surface area contributed by atoms with Crippen molar-refractivity contribution in [3.63, 3.8) is 0 Å². The zero-order valence-corrected chi connectivity index (χ0v) is 11.7. The maximum absolute atomic E-state index is 11.0. The molecule has 1 rings (SSSR count). The van der Waals surface area contributed by atoms with Gasteiger partial charge in [0.1, 0.15) is 11.6 Å². The van der Waals surface area contributed by atoms with Crippen molar-refractivity contribution in [2.45, 2.75) is 26.7 Å². The van der Waals surface area contributed by atoms with Gasteiger partial charge in [0.2, 0.25) is 0 Å². The molecule has 0 fully saturated rings. The van der Waals surface area contributed by atoms with Crippen LogP contribution >= 0.6 is 0 Å². The van der Waals surface area contributed by atoms with Crippen LogP contribution in [0.1, 0.15) is 29.7 Å². The Kier molecular flexibility index (Phi) is 5.24. The third-order valence-electron chi connectivity index (χ3n) is 3.01. The molecule has 0 amide bonds. The standard InChI is InChI=1S/C13H18N4O2/c1-9-10(2)15-16-13(11(9)8-14)17(3)7-5-6-12(18)19-4/h5-7H2,1-4H3. The third-order valence-corrected chi connectivity index (χ3v) is 3.01. The summed E-state index contributed by atoms with van der Waals surface area (Å²) in [6.45, 7) is 4.29. The van der Waals surface area contributed by atoms with Crippen LogP contribution in [0, 0.1) is 25.2 Å². The summed E-state index contributed by atoms with van der Waals surface area (Å²) >= 11 is 0. The molecule has 1 heterocycles. The van der Waals surface area contributed by atoms with Gasteiger partial charge in [0, 0.05) is 20.0 Å². The van der Waals surface area contributed by atoms with Crippen LogP contribution in [0.15, 0.2) is 0 Å². The molecule has 6 nitrogen and oxygen atoms in total. The van der Waals surface area contributed by atoms with Gasteiger partial charge in [0.05, 0.1) is 12.8 Å². The van der Waals surface area contributed by atoms with Gasteiger partial charge in [0.25, 0.3) is 0 Å². The maximum atomic E-state index is 11.0. The lowest BCUT2D eigenvalue weighted by atomic mass is 10.1. The molecule has 0 N–H and O–H groups in total. The van der Waals surface area contributed by atoms with Crippen LogP contribution in [0.5, 0.6) is 0 Å². The average molecular weight is 262 g/mol. The van der Waals surface area contributed by atoms with E-state index < -0.39 is 0 Å². The monoisotopic (exact) mass is 262 g/mol. The Morgan fingerprint density at radius 1 is 1.42 bits per heavy atom. The van der Waals surface area contributed by atoms with E-state index in [9.17, 15) is 10.1 Å². The average Bonchev–Trinajstić information content (AvgIpc) is 2.41. The number of hydrogen-bond acceptors (Lipinski definition) is 6. The molecule has 0 radical (unpaired) electrons. The van der Waals surface area contributed by atoms with Crippen LogP contribution in [0.2, 0.25) is 0 Å². The second-order valence-electron chi connectivity index (χ2n) is 4.32. The number of nitriles is 1. The second kappa shape index (κ2) is 6.69. The summed E-state index contributed by atoms with van der Waals surface area (Å²) in [5.41, 5.74) is 2.13. The Labute approximate surface area is 113 Å². The number of aromatic nitrogens is 2. The highest BCUT2D eigenvalue weighted by atomic mass is 16.5. The van der Waals surface area contributed by atoms with Crippen molar-refractivity contribution >= 4 is 11.8 Å². The first kappa shape index (κ1) is 14.9. The predicted octanol–water partition coefficient (Wildman–Crippen LogP) is 1.35. The van der Waals surface area contributed by atoms with Crippen molar-refractivity contribution in [2.24, 2.45) is 0 Å². The molecule has 1 aromatic rings. The Hall–Kier alpha value is -2.16. The number of carbonyl (C=O) groups excluding carboxylic acids is 1. The first-order valence-electron chi connectivity index (χ1n) is 6.03. The highest BCUT2D eigenvalue weighted by Gasteiger charge is 2.14. The van der Waals surface area contributed by atoms with E-state index in [4.69, 9.17) is 0 Å². The SMILES string of the molecule is COC(=O)CCCN(C)c1nnc(C)c(C)c1C#N. The van der Waals surface area contributed by atoms with Crippen LogP contribution in [-0.4, -0.2) is 36.9 Å². The number of ether oxygens (including phenoxy) is 1. The van der Waals surface area contributed by atoms with Gasteiger partial charge in [-0.05, 0) is 25.8 Å². The van der Waals surface area contributed by atoms with Crippen LogP contribution < -0.4 is 4.90 Å². The fraction of sp³-hybridized carbons (Fsp3) is 0.538. The molecule has 102 valence electrons. The molecule has 6 heteroatoms. The van der Waals surface area contributed by atoms with Gasteiger partial charge in [-0.15, -0.1) is 5.10 Å². The topological polar surface area (TPSA) is 79.1 Å². The number of esters is 1. The molecule has 19 heavy (non-hydrogen) atoms. The van der Waals surface area contributed by atoms with E-state index in [-0.39, 0.29) is 5.97 Å². The first-order chi connectivity index (χ1) is 9.01. The lowest BCUT2D eigenvalue weighted by molar-refractivity contribution is -0.140. The lowest BCUT2D eigenvalue weighted by Crippen LogP contribution is -2.23. The molecule has 0 aromatic carbocycles. The van der Waals surface area contributed by atoms with E-state index in [0.29, 0.717) is 30.8 Å². The largest absolute Gasteiger partial charge is 0.469 e. The lowest BCUT2D eigenvalue weighted by Gasteiger charge is -2.19. The minimum atomic E-state index is -0.236. The summed E-state index contributed by atoms with van der Waals surface area (Å²) in [5.74, 6) is 0.315. The minimum Gasteiger partial charge on any atom is -0.469 e. The normalized spacial score (nSPS) is 9.84. The Balaban J connectivity index is 2.78. The molecule has 0 saturated carbocycles. The first-order valence-corrected chi connectivity index (χ1v) is 6.03. The fourth-order valence-corrected chi connectivity index (χ4v) is 1.67. The maximum Gasteiger partial charge on any atom is 0.305 e. The summed E-state index contributed by atoms with van der Waals surface area (Å²) in [6.07, 6.45) is 0.990.